The van der Waals surface area contributed by atoms with E-state index in [1.54, 1.807) is 13.8 Å². The Kier molecular flexibility index (Phi) is 5.46. The molecule has 0 aliphatic heterocycles. The van der Waals surface area contributed by atoms with Crippen molar-refractivity contribution in [1.29, 1.82) is 0 Å². The zero-order valence-corrected chi connectivity index (χ0v) is 14.2. The molecule has 1 amide bonds. The molecule has 1 N–H and O–H groups in total. The van der Waals surface area contributed by atoms with Crippen LogP contribution in [0.5, 0.6) is 0 Å². The summed E-state index contributed by atoms with van der Waals surface area (Å²) in [6.45, 7) is 3.66. The van der Waals surface area contributed by atoms with Crippen molar-refractivity contribution in [3.63, 3.8) is 0 Å². The zero-order valence-electron chi connectivity index (χ0n) is 11.8. The molecule has 10 heteroatoms. The molecular formula is C11H17ClN2O5S2. The molecule has 1 unspecified atom stereocenters. The minimum atomic E-state index is -3.93. The summed E-state index contributed by atoms with van der Waals surface area (Å²) in [5, 5.41) is 2.52. The average Bonchev–Trinajstić information content (AvgIpc) is 2.69. The van der Waals surface area contributed by atoms with Crippen LogP contribution in [-0.4, -0.2) is 45.4 Å². The smallest absolute Gasteiger partial charge is 0.268 e. The van der Waals surface area contributed by atoms with Gasteiger partial charge in [0.2, 0.25) is 0 Å². The maximum absolute atomic E-state index is 12.1. The van der Waals surface area contributed by atoms with Crippen molar-refractivity contribution in [2.24, 2.45) is 0 Å². The van der Waals surface area contributed by atoms with E-state index in [2.05, 4.69) is 5.32 Å². The van der Waals surface area contributed by atoms with E-state index in [9.17, 15) is 21.6 Å². The number of hydrogen-bond acceptors (Lipinski definition) is 5. The van der Waals surface area contributed by atoms with Crippen molar-refractivity contribution in [3.8, 4) is 0 Å². The number of nitrogens with zero attached hydrogens (tertiary/aromatic N) is 1. The number of carbonyl (C=O) groups is 1. The first-order chi connectivity index (χ1) is 9.44. The Hall–Kier alpha value is -1.06. The minimum absolute atomic E-state index is 0.108. The highest BCUT2D eigenvalue weighted by atomic mass is 35.7. The van der Waals surface area contributed by atoms with Gasteiger partial charge in [-0.15, -0.1) is 0 Å². The van der Waals surface area contributed by atoms with Gasteiger partial charge in [0, 0.05) is 35.7 Å². The van der Waals surface area contributed by atoms with E-state index in [0.717, 1.165) is 12.3 Å². The number of hydrogen-bond donors (Lipinski definition) is 1. The van der Waals surface area contributed by atoms with Crippen LogP contribution in [0, 0.1) is 0 Å². The van der Waals surface area contributed by atoms with E-state index in [1.807, 2.05) is 0 Å². The number of aryl methyl sites for hydroxylation is 1. The summed E-state index contributed by atoms with van der Waals surface area (Å²) >= 11 is 0. The Bertz CT molecular complexity index is 737. The Morgan fingerprint density at radius 2 is 1.95 bits per heavy atom. The predicted octanol–water partition coefficient (Wildman–Crippen LogP) is 0.598. The monoisotopic (exact) mass is 356 g/mol. The molecule has 0 aliphatic rings. The van der Waals surface area contributed by atoms with Crippen LogP contribution in [0.15, 0.2) is 17.2 Å². The maximum Gasteiger partial charge on any atom is 0.268 e. The van der Waals surface area contributed by atoms with Crippen LogP contribution < -0.4 is 5.32 Å². The summed E-state index contributed by atoms with van der Waals surface area (Å²) in [4.78, 5) is 11.9. The maximum atomic E-state index is 12.1. The Balaban J connectivity index is 3.00. The van der Waals surface area contributed by atoms with Gasteiger partial charge < -0.3 is 9.88 Å². The molecule has 0 aliphatic carbocycles. The molecule has 0 spiro atoms. The molecule has 0 bridgehead atoms. The summed E-state index contributed by atoms with van der Waals surface area (Å²) in [5.41, 5.74) is 0.108. The van der Waals surface area contributed by atoms with Gasteiger partial charge in [0.1, 0.15) is 20.4 Å². The molecule has 21 heavy (non-hydrogen) atoms. The van der Waals surface area contributed by atoms with Crippen LogP contribution in [0.25, 0.3) is 0 Å². The summed E-state index contributed by atoms with van der Waals surface area (Å²) < 4.78 is 46.3. The van der Waals surface area contributed by atoms with Crippen LogP contribution in [0.4, 0.5) is 0 Å². The second-order valence-corrected chi connectivity index (χ2v) is 9.50. The molecule has 1 aromatic heterocycles. The van der Waals surface area contributed by atoms with Crippen LogP contribution in [0.1, 0.15) is 24.3 Å². The van der Waals surface area contributed by atoms with E-state index in [0.29, 0.717) is 6.54 Å². The minimum Gasteiger partial charge on any atom is -0.347 e. The lowest BCUT2D eigenvalue weighted by Crippen LogP contribution is -2.38. The molecule has 1 aromatic rings. The molecule has 1 heterocycles. The standard InChI is InChI=1S/C11H17ClN2O5S2/c1-4-14-6-9(21(12,18)19)5-10(14)11(15)13-8(2)7-20(3,16)17/h5-6,8H,4,7H2,1-3H3,(H,13,15). The number of aromatic nitrogens is 1. The lowest BCUT2D eigenvalue weighted by Gasteiger charge is -2.13. The van der Waals surface area contributed by atoms with Crippen molar-refractivity contribution < 1.29 is 21.6 Å². The lowest BCUT2D eigenvalue weighted by atomic mass is 10.3. The average molecular weight is 357 g/mol. The van der Waals surface area contributed by atoms with Gasteiger partial charge in [-0.1, -0.05) is 0 Å². The van der Waals surface area contributed by atoms with Crippen molar-refractivity contribution in [2.45, 2.75) is 31.3 Å². The number of amides is 1. The number of rotatable bonds is 6. The fourth-order valence-electron chi connectivity index (χ4n) is 1.86. The third-order valence-corrected chi connectivity index (χ3v) is 5.08. The Morgan fingerprint density at radius 3 is 2.38 bits per heavy atom. The van der Waals surface area contributed by atoms with E-state index in [4.69, 9.17) is 10.7 Å². The van der Waals surface area contributed by atoms with Gasteiger partial charge in [-0.05, 0) is 19.9 Å². The largest absolute Gasteiger partial charge is 0.347 e. The molecule has 120 valence electrons. The Morgan fingerprint density at radius 1 is 1.38 bits per heavy atom. The normalized spacial score (nSPS) is 13.9. The quantitative estimate of drug-likeness (QED) is 0.752. The highest BCUT2D eigenvalue weighted by molar-refractivity contribution is 8.13. The van der Waals surface area contributed by atoms with E-state index in [-0.39, 0.29) is 16.3 Å². The second-order valence-electron chi connectivity index (χ2n) is 4.75. The summed E-state index contributed by atoms with van der Waals surface area (Å²) in [5.74, 6) is -0.758. The number of halogens is 1. The van der Waals surface area contributed by atoms with Crippen molar-refractivity contribution in [1.82, 2.24) is 9.88 Å². The topological polar surface area (TPSA) is 102 Å². The van der Waals surface area contributed by atoms with Gasteiger partial charge in [-0.2, -0.15) is 0 Å². The number of sulfone groups is 1. The van der Waals surface area contributed by atoms with Crippen LogP contribution >= 0.6 is 10.7 Å². The van der Waals surface area contributed by atoms with Gasteiger partial charge in [0.15, 0.2) is 0 Å². The van der Waals surface area contributed by atoms with Crippen LogP contribution in [0.2, 0.25) is 0 Å². The van der Waals surface area contributed by atoms with E-state index in [1.165, 1.54) is 10.8 Å². The van der Waals surface area contributed by atoms with Gasteiger partial charge in [-0.3, -0.25) is 4.79 Å². The van der Waals surface area contributed by atoms with Crippen molar-refractivity contribution in [3.05, 3.63) is 18.0 Å². The molecule has 1 atom stereocenters. The second kappa shape index (κ2) is 6.37. The predicted molar refractivity (Wildman–Crippen MR) is 79.8 cm³/mol. The molecule has 0 saturated carbocycles. The SMILES string of the molecule is CCn1cc(S(=O)(=O)Cl)cc1C(=O)NC(C)CS(C)(=O)=O. The molecule has 0 saturated heterocycles. The van der Waals surface area contributed by atoms with Crippen LogP contribution in [0.3, 0.4) is 0 Å². The number of nitrogens with one attached hydrogen (secondary N) is 1. The molecule has 0 radical (unpaired) electrons. The van der Waals surface area contributed by atoms with Gasteiger partial charge >= 0.3 is 0 Å². The lowest BCUT2D eigenvalue weighted by molar-refractivity contribution is 0.0934. The molecule has 0 aromatic carbocycles. The Labute approximate surface area is 128 Å². The van der Waals surface area contributed by atoms with Crippen molar-refractivity contribution in [2.75, 3.05) is 12.0 Å². The van der Waals surface area contributed by atoms with Gasteiger partial charge in [0.05, 0.1) is 5.75 Å². The zero-order chi connectivity index (χ0) is 16.4. The summed E-state index contributed by atoms with van der Waals surface area (Å²) in [6, 6.07) is 0.567. The first-order valence-corrected chi connectivity index (χ1v) is 10.4. The molecule has 1 rings (SSSR count). The van der Waals surface area contributed by atoms with Crippen LogP contribution in [-0.2, 0) is 25.4 Å². The first kappa shape index (κ1) is 18.0. The highest BCUT2D eigenvalue weighted by Gasteiger charge is 2.21. The molecular weight excluding hydrogens is 340 g/mol. The summed E-state index contributed by atoms with van der Waals surface area (Å²) in [7, 11) is -1.91. The van der Waals surface area contributed by atoms with Gasteiger partial charge in [-0.25, -0.2) is 16.8 Å². The summed E-state index contributed by atoms with van der Waals surface area (Å²) in [6.07, 6.45) is 2.33. The highest BCUT2D eigenvalue weighted by Crippen LogP contribution is 2.18. The van der Waals surface area contributed by atoms with E-state index >= 15 is 0 Å². The fourth-order valence-corrected chi connectivity index (χ4v) is 3.61. The number of carbonyl (C=O) groups excluding carboxylic acids is 1. The van der Waals surface area contributed by atoms with Gasteiger partial charge in [0.25, 0.3) is 15.0 Å². The third-order valence-electron chi connectivity index (χ3n) is 2.66. The van der Waals surface area contributed by atoms with Crippen molar-refractivity contribution >= 4 is 35.5 Å². The fraction of sp³-hybridized carbons (Fsp3) is 0.545. The molecule has 0 fully saturated rings. The molecule has 7 nitrogen and oxygen atoms in total. The third kappa shape index (κ3) is 5.33. The first-order valence-electron chi connectivity index (χ1n) is 6.07. The van der Waals surface area contributed by atoms with E-state index < -0.39 is 30.8 Å².